The lowest BCUT2D eigenvalue weighted by Crippen LogP contribution is -2.33. The van der Waals surface area contributed by atoms with Gasteiger partial charge in [-0.05, 0) is 79.3 Å². The van der Waals surface area contributed by atoms with Gasteiger partial charge >= 0.3 is 0 Å². The summed E-state index contributed by atoms with van der Waals surface area (Å²) < 4.78 is 6.49. The van der Waals surface area contributed by atoms with Crippen molar-refractivity contribution in [3.8, 4) is 11.1 Å². The summed E-state index contributed by atoms with van der Waals surface area (Å²) in [5, 5.41) is 13.0. The first-order valence-corrected chi connectivity index (χ1v) is 16.4. The fourth-order valence-corrected chi connectivity index (χ4v) is 7.16. The van der Waals surface area contributed by atoms with E-state index in [0.29, 0.717) is 5.84 Å². The highest BCUT2D eigenvalue weighted by Gasteiger charge is 2.25. The van der Waals surface area contributed by atoms with Gasteiger partial charge in [-0.1, -0.05) is 115 Å². The molecule has 1 aliphatic rings. The molecule has 5 heteroatoms. The van der Waals surface area contributed by atoms with E-state index in [4.69, 9.17) is 14.4 Å². The van der Waals surface area contributed by atoms with E-state index in [2.05, 4.69) is 132 Å². The van der Waals surface area contributed by atoms with E-state index < -0.39 is 0 Å². The van der Waals surface area contributed by atoms with Gasteiger partial charge in [-0.25, -0.2) is 9.98 Å². The summed E-state index contributed by atoms with van der Waals surface area (Å²) in [6.45, 7) is 0. The lowest BCUT2D eigenvalue weighted by atomic mass is 9.94. The minimum atomic E-state index is -0.347. The van der Waals surface area contributed by atoms with Gasteiger partial charge < -0.3 is 9.73 Å². The third kappa shape index (κ3) is 4.67. The second-order valence-electron chi connectivity index (χ2n) is 12.5. The van der Waals surface area contributed by atoms with Crippen molar-refractivity contribution < 1.29 is 4.42 Å². The maximum atomic E-state index is 6.49. The van der Waals surface area contributed by atoms with Crippen molar-refractivity contribution in [2.24, 2.45) is 9.98 Å². The largest absolute Gasteiger partial charge is 0.454 e. The maximum absolute atomic E-state index is 6.49. The van der Waals surface area contributed by atoms with Crippen molar-refractivity contribution in [3.05, 3.63) is 175 Å². The summed E-state index contributed by atoms with van der Waals surface area (Å²) in [4.78, 5) is 14.7. The number of aliphatic imine (C=N–C) groups is 2. The molecule has 1 unspecified atom stereocenters. The molecular weight excluding hydrogens is 601 g/mol. The molecule has 0 spiro atoms. The van der Waals surface area contributed by atoms with Crippen LogP contribution in [0.3, 0.4) is 0 Å². The number of aromatic nitrogens is 1. The Morgan fingerprint density at radius 3 is 2.22 bits per heavy atom. The molecule has 0 amide bonds. The number of hydrogen-bond acceptors (Lipinski definition) is 5. The van der Waals surface area contributed by atoms with Crippen LogP contribution in [0.1, 0.15) is 22.9 Å². The summed E-state index contributed by atoms with van der Waals surface area (Å²) in [7, 11) is 0. The van der Waals surface area contributed by atoms with Crippen LogP contribution in [0.25, 0.3) is 65.4 Å². The summed E-state index contributed by atoms with van der Waals surface area (Å²) in [5.74, 6) is 1.42. The van der Waals surface area contributed by atoms with Crippen molar-refractivity contribution in [1.29, 1.82) is 0 Å². The molecule has 0 fully saturated rings. The van der Waals surface area contributed by atoms with Gasteiger partial charge in [0, 0.05) is 28.1 Å². The van der Waals surface area contributed by atoms with Gasteiger partial charge in [-0.15, -0.1) is 0 Å². The first kappa shape index (κ1) is 27.5. The second-order valence-corrected chi connectivity index (χ2v) is 12.5. The van der Waals surface area contributed by atoms with Crippen LogP contribution >= 0.6 is 0 Å². The van der Waals surface area contributed by atoms with Gasteiger partial charge in [0.05, 0.1) is 6.20 Å². The normalized spacial score (nSPS) is 14.7. The number of nitrogens with zero attached hydrogens (tertiary/aromatic N) is 3. The highest BCUT2D eigenvalue weighted by molar-refractivity contribution is 6.22. The monoisotopic (exact) mass is 628 g/mol. The Morgan fingerprint density at radius 1 is 0.531 bits per heavy atom. The number of nitrogens with one attached hydrogen (secondary N) is 1. The third-order valence-electron chi connectivity index (χ3n) is 9.57. The molecule has 0 radical (unpaired) electrons. The molecule has 5 nitrogen and oxygen atoms in total. The van der Waals surface area contributed by atoms with Crippen molar-refractivity contribution in [1.82, 2.24) is 10.3 Å². The van der Waals surface area contributed by atoms with Crippen LogP contribution in [0, 0.1) is 0 Å². The number of fused-ring (bicyclic) bond motifs is 7. The van der Waals surface area contributed by atoms with E-state index >= 15 is 0 Å². The fourth-order valence-electron chi connectivity index (χ4n) is 7.16. The topological polar surface area (TPSA) is 62.8 Å². The Labute approximate surface area is 281 Å². The lowest BCUT2D eigenvalue weighted by molar-refractivity contribution is 0.666. The Balaban J connectivity index is 1.18. The molecule has 1 atom stereocenters. The first-order valence-electron chi connectivity index (χ1n) is 16.4. The summed E-state index contributed by atoms with van der Waals surface area (Å²) in [6.07, 6.45) is 3.25. The first-order chi connectivity index (χ1) is 24.2. The fraction of sp³-hybridized carbons (Fsp3) is 0.0227. The molecule has 1 aliphatic heterocycles. The van der Waals surface area contributed by atoms with Crippen LogP contribution in [0.2, 0.25) is 0 Å². The van der Waals surface area contributed by atoms with Gasteiger partial charge in [0.25, 0.3) is 0 Å². The smallest absolute Gasteiger partial charge is 0.159 e. The molecule has 3 heterocycles. The number of furan rings is 1. The molecule has 0 bridgehead atoms. The van der Waals surface area contributed by atoms with Gasteiger partial charge in [0.2, 0.25) is 0 Å². The zero-order valence-corrected chi connectivity index (χ0v) is 26.3. The molecule has 2 aromatic heterocycles. The molecule has 230 valence electrons. The molecule has 49 heavy (non-hydrogen) atoms. The van der Waals surface area contributed by atoms with Crippen LogP contribution < -0.4 is 5.32 Å². The molecule has 0 saturated heterocycles. The number of rotatable bonds is 4. The molecule has 10 rings (SSSR count). The minimum Gasteiger partial charge on any atom is -0.454 e. The van der Waals surface area contributed by atoms with E-state index in [9.17, 15) is 0 Å². The van der Waals surface area contributed by atoms with Crippen LogP contribution in [0.15, 0.2) is 172 Å². The Bertz CT molecular complexity index is 2810. The predicted octanol–water partition coefficient (Wildman–Crippen LogP) is 10.6. The summed E-state index contributed by atoms with van der Waals surface area (Å²) in [5.41, 5.74) is 6.64. The number of benzene rings is 7. The minimum absolute atomic E-state index is 0.347. The van der Waals surface area contributed by atoms with Gasteiger partial charge in [0.1, 0.15) is 17.6 Å². The van der Waals surface area contributed by atoms with Crippen molar-refractivity contribution in [2.45, 2.75) is 6.17 Å². The highest BCUT2D eigenvalue weighted by Crippen LogP contribution is 2.38. The second kappa shape index (κ2) is 11.0. The standard InChI is InChI=1S/C44H28N4O/c1-2-10-29(11-3-1)42-46-43(33-17-14-27-8-4-5-12-30(27)23-33)48-44(47-42)38-24-34(25-39-41(38)37-20-21-45-26-40(37)49-39)31-18-19-36-32(22-31)16-15-28-9-6-7-13-35(28)36/h1-26,43H,(H,46,47,48). The molecular formula is C44H28N4O. The van der Waals surface area contributed by atoms with Crippen LogP contribution in [-0.4, -0.2) is 16.7 Å². The number of pyridine rings is 1. The quantitative estimate of drug-likeness (QED) is 0.197. The van der Waals surface area contributed by atoms with E-state index in [1.54, 1.807) is 6.20 Å². The number of amidine groups is 2. The van der Waals surface area contributed by atoms with Crippen molar-refractivity contribution >= 4 is 65.9 Å². The Kier molecular flexibility index (Phi) is 6.18. The average Bonchev–Trinajstić information content (AvgIpc) is 3.56. The van der Waals surface area contributed by atoms with E-state index in [0.717, 1.165) is 55.6 Å². The average molecular weight is 629 g/mol. The Morgan fingerprint density at radius 2 is 1.31 bits per heavy atom. The maximum Gasteiger partial charge on any atom is 0.159 e. The predicted molar refractivity (Wildman–Crippen MR) is 201 cm³/mol. The molecule has 0 saturated carbocycles. The van der Waals surface area contributed by atoms with Gasteiger partial charge in [-0.2, -0.15) is 0 Å². The molecule has 7 aromatic carbocycles. The molecule has 9 aromatic rings. The van der Waals surface area contributed by atoms with Crippen LogP contribution in [-0.2, 0) is 0 Å². The SMILES string of the molecule is c1ccc(C2=NC(c3ccc4ccccc4c3)NC(c3cc(-c4ccc5c(ccc6ccccc65)c4)cc4oc5cnccc5c34)=N2)cc1. The van der Waals surface area contributed by atoms with Crippen molar-refractivity contribution in [2.75, 3.05) is 0 Å². The molecule has 1 N–H and O–H groups in total. The van der Waals surface area contributed by atoms with E-state index in [1.165, 1.54) is 32.3 Å². The zero-order valence-electron chi connectivity index (χ0n) is 26.3. The number of hydrogen-bond donors (Lipinski definition) is 1. The van der Waals surface area contributed by atoms with Crippen molar-refractivity contribution in [3.63, 3.8) is 0 Å². The van der Waals surface area contributed by atoms with Gasteiger partial charge in [0.15, 0.2) is 11.4 Å². The van der Waals surface area contributed by atoms with Crippen LogP contribution in [0.5, 0.6) is 0 Å². The third-order valence-corrected chi connectivity index (χ3v) is 9.57. The van der Waals surface area contributed by atoms with E-state index in [1.807, 2.05) is 30.5 Å². The summed E-state index contributed by atoms with van der Waals surface area (Å²) in [6, 6.07) is 51.2. The summed E-state index contributed by atoms with van der Waals surface area (Å²) >= 11 is 0. The van der Waals surface area contributed by atoms with E-state index in [-0.39, 0.29) is 6.17 Å². The van der Waals surface area contributed by atoms with Crippen LogP contribution in [0.4, 0.5) is 0 Å². The lowest BCUT2D eigenvalue weighted by Gasteiger charge is -2.24. The zero-order chi connectivity index (χ0) is 32.3. The highest BCUT2D eigenvalue weighted by atomic mass is 16.3. The van der Waals surface area contributed by atoms with Gasteiger partial charge in [-0.3, -0.25) is 4.98 Å². The molecule has 0 aliphatic carbocycles. The Hall–Kier alpha value is -6.59.